The number of aromatic nitrogens is 2. The van der Waals surface area contributed by atoms with Crippen LogP contribution in [0, 0.1) is 0 Å². The summed E-state index contributed by atoms with van der Waals surface area (Å²) in [5.41, 5.74) is 3.63. The van der Waals surface area contributed by atoms with Gasteiger partial charge in [-0.2, -0.15) is 0 Å². The Kier molecular flexibility index (Phi) is 5.79. The molecule has 0 saturated carbocycles. The summed E-state index contributed by atoms with van der Waals surface area (Å²) in [5, 5.41) is 2.86. The van der Waals surface area contributed by atoms with Crippen molar-refractivity contribution in [1.29, 1.82) is 0 Å². The number of pyridine rings is 2. The van der Waals surface area contributed by atoms with Gasteiger partial charge in [-0.05, 0) is 47.9 Å². The van der Waals surface area contributed by atoms with Gasteiger partial charge in [0, 0.05) is 31.0 Å². The van der Waals surface area contributed by atoms with Gasteiger partial charge in [-0.25, -0.2) is 9.97 Å². The van der Waals surface area contributed by atoms with Gasteiger partial charge in [-0.3, -0.25) is 9.59 Å². The van der Waals surface area contributed by atoms with Gasteiger partial charge < -0.3 is 19.7 Å². The van der Waals surface area contributed by atoms with E-state index in [2.05, 4.69) is 15.3 Å². The van der Waals surface area contributed by atoms with Crippen molar-refractivity contribution in [3.05, 3.63) is 77.2 Å². The minimum absolute atomic E-state index is 0.0855. The second-order valence-corrected chi connectivity index (χ2v) is 7.09. The Morgan fingerprint density at radius 2 is 1.84 bits per heavy atom. The minimum Gasteiger partial charge on any atom is -0.495 e. The molecule has 0 radical (unpaired) electrons. The molecule has 0 spiro atoms. The third-order valence-corrected chi connectivity index (χ3v) is 5.16. The van der Waals surface area contributed by atoms with Crippen LogP contribution in [0.5, 0.6) is 11.6 Å². The van der Waals surface area contributed by atoms with Crippen LogP contribution in [0.4, 0.5) is 5.69 Å². The number of fused-ring (bicyclic) bond motifs is 1. The molecule has 3 heterocycles. The Hall–Kier alpha value is -3.94. The molecule has 0 bridgehead atoms. The molecule has 2 amide bonds. The van der Waals surface area contributed by atoms with Crippen molar-refractivity contribution in [3.63, 3.8) is 0 Å². The summed E-state index contributed by atoms with van der Waals surface area (Å²) >= 11 is 0. The number of hydrogen-bond acceptors (Lipinski definition) is 6. The molecule has 0 unspecified atom stereocenters. The molecule has 8 heteroatoms. The minimum atomic E-state index is -0.310. The van der Waals surface area contributed by atoms with Crippen molar-refractivity contribution in [2.75, 3.05) is 26.1 Å². The highest BCUT2D eigenvalue weighted by Gasteiger charge is 2.22. The topological polar surface area (TPSA) is 93.7 Å². The maximum atomic E-state index is 12.9. The summed E-state index contributed by atoms with van der Waals surface area (Å²) in [6.45, 7) is 1.09. The predicted molar refractivity (Wildman–Crippen MR) is 114 cm³/mol. The van der Waals surface area contributed by atoms with Crippen molar-refractivity contribution >= 4 is 17.5 Å². The molecular weight excluding hydrogens is 396 g/mol. The highest BCUT2D eigenvalue weighted by molar-refractivity contribution is 6.03. The van der Waals surface area contributed by atoms with E-state index < -0.39 is 0 Å². The first-order chi connectivity index (χ1) is 15.1. The zero-order valence-electron chi connectivity index (χ0n) is 17.3. The van der Waals surface area contributed by atoms with Crippen LogP contribution >= 0.6 is 0 Å². The standard InChI is InChI=1S/C23H22N4O4/c1-30-19-6-7-20(24-13-19)22(28)26-18-5-3-15-9-10-27(14-17(15)11-18)23(29)16-4-8-21(31-2)25-12-16/h3-8,11-13H,9-10,14H2,1-2H3,(H,26,28). The lowest BCUT2D eigenvalue weighted by Crippen LogP contribution is -2.36. The lowest BCUT2D eigenvalue weighted by molar-refractivity contribution is 0.0734. The summed E-state index contributed by atoms with van der Waals surface area (Å²) in [6, 6.07) is 12.4. The third kappa shape index (κ3) is 4.48. The second-order valence-electron chi connectivity index (χ2n) is 7.09. The van der Waals surface area contributed by atoms with Crippen LogP contribution in [0.1, 0.15) is 32.0 Å². The summed E-state index contributed by atoms with van der Waals surface area (Å²) in [6.07, 6.45) is 3.77. The van der Waals surface area contributed by atoms with Crippen molar-refractivity contribution in [3.8, 4) is 11.6 Å². The molecule has 1 aromatic carbocycles. The molecule has 1 N–H and O–H groups in total. The molecule has 1 aliphatic heterocycles. The first-order valence-electron chi connectivity index (χ1n) is 9.80. The molecule has 8 nitrogen and oxygen atoms in total. The van der Waals surface area contributed by atoms with Crippen molar-refractivity contribution in [1.82, 2.24) is 14.9 Å². The summed E-state index contributed by atoms with van der Waals surface area (Å²) in [4.78, 5) is 35.4. The Morgan fingerprint density at radius 1 is 0.968 bits per heavy atom. The van der Waals surface area contributed by atoms with Crippen LogP contribution in [0.15, 0.2) is 54.9 Å². The molecule has 1 aliphatic rings. The molecule has 3 aromatic rings. The molecule has 0 fully saturated rings. The average molecular weight is 418 g/mol. The zero-order chi connectivity index (χ0) is 21.8. The smallest absolute Gasteiger partial charge is 0.274 e. The van der Waals surface area contributed by atoms with E-state index in [1.165, 1.54) is 19.5 Å². The van der Waals surface area contributed by atoms with Crippen LogP contribution in [-0.4, -0.2) is 47.4 Å². The van der Waals surface area contributed by atoms with Crippen molar-refractivity contribution in [2.24, 2.45) is 0 Å². The lowest BCUT2D eigenvalue weighted by Gasteiger charge is -2.29. The summed E-state index contributed by atoms with van der Waals surface area (Å²) in [5.74, 6) is 0.655. The van der Waals surface area contributed by atoms with Crippen LogP contribution in [0.2, 0.25) is 0 Å². The monoisotopic (exact) mass is 418 g/mol. The van der Waals surface area contributed by atoms with E-state index in [1.807, 2.05) is 18.2 Å². The van der Waals surface area contributed by atoms with Gasteiger partial charge in [0.05, 0.1) is 26.0 Å². The molecule has 0 saturated heterocycles. The summed E-state index contributed by atoms with van der Waals surface area (Å²) < 4.78 is 10.1. The van der Waals surface area contributed by atoms with Gasteiger partial charge in [-0.15, -0.1) is 0 Å². The molecule has 4 rings (SSSR count). The molecular formula is C23H22N4O4. The predicted octanol–water partition coefficient (Wildman–Crippen LogP) is 2.94. The maximum absolute atomic E-state index is 12.9. The van der Waals surface area contributed by atoms with E-state index in [0.717, 1.165) is 17.5 Å². The first-order valence-corrected chi connectivity index (χ1v) is 9.80. The van der Waals surface area contributed by atoms with E-state index in [9.17, 15) is 9.59 Å². The van der Waals surface area contributed by atoms with Gasteiger partial charge in [0.1, 0.15) is 11.4 Å². The fourth-order valence-corrected chi connectivity index (χ4v) is 3.45. The number of methoxy groups -OCH3 is 2. The Bertz CT molecular complexity index is 1100. The average Bonchev–Trinajstić information content (AvgIpc) is 2.83. The highest BCUT2D eigenvalue weighted by Crippen LogP contribution is 2.24. The van der Waals surface area contributed by atoms with Gasteiger partial charge in [0.25, 0.3) is 11.8 Å². The van der Waals surface area contributed by atoms with Crippen LogP contribution < -0.4 is 14.8 Å². The van der Waals surface area contributed by atoms with E-state index in [4.69, 9.17) is 9.47 Å². The fourth-order valence-electron chi connectivity index (χ4n) is 3.45. The normalized spacial score (nSPS) is 12.6. The third-order valence-electron chi connectivity index (χ3n) is 5.16. The maximum Gasteiger partial charge on any atom is 0.274 e. The van der Waals surface area contributed by atoms with Gasteiger partial charge in [0.15, 0.2) is 0 Å². The molecule has 0 atom stereocenters. The first kappa shape index (κ1) is 20.3. The molecule has 31 heavy (non-hydrogen) atoms. The quantitative estimate of drug-likeness (QED) is 0.685. The number of amides is 2. The van der Waals surface area contributed by atoms with Crippen LogP contribution in [-0.2, 0) is 13.0 Å². The van der Waals surface area contributed by atoms with E-state index in [1.54, 1.807) is 36.3 Å². The summed E-state index contributed by atoms with van der Waals surface area (Å²) in [7, 11) is 3.08. The number of rotatable bonds is 5. The molecule has 0 aliphatic carbocycles. The molecule has 2 aromatic heterocycles. The van der Waals surface area contributed by atoms with Crippen LogP contribution in [0.3, 0.4) is 0 Å². The number of anilines is 1. The van der Waals surface area contributed by atoms with E-state index >= 15 is 0 Å². The van der Waals surface area contributed by atoms with E-state index in [-0.39, 0.29) is 11.8 Å². The highest BCUT2D eigenvalue weighted by atomic mass is 16.5. The SMILES string of the molecule is COc1ccc(C(=O)Nc2ccc3c(c2)CN(C(=O)c2ccc(OC)nc2)CC3)nc1. The van der Waals surface area contributed by atoms with Gasteiger partial charge in [-0.1, -0.05) is 6.07 Å². The Morgan fingerprint density at radius 3 is 2.52 bits per heavy atom. The van der Waals surface area contributed by atoms with Gasteiger partial charge in [0.2, 0.25) is 5.88 Å². The van der Waals surface area contributed by atoms with Crippen molar-refractivity contribution in [2.45, 2.75) is 13.0 Å². The number of nitrogens with zero attached hydrogens (tertiary/aromatic N) is 3. The Balaban J connectivity index is 1.46. The Labute approximate surface area is 179 Å². The number of carbonyl (C=O) groups is 2. The number of nitrogens with one attached hydrogen (secondary N) is 1. The van der Waals surface area contributed by atoms with Gasteiger partial charge >= 0.3 is 0 Å². The fraction of sp³-hybridized carbons (Fsp3) is 0.217. The number of carbonyl (C=O) groups excluding carboxylic acids is 2. The second kappa shape index (κ2) is 8.83. The number of benzene rings is 1. The van der Waals surface area contributed by atoms with Crippen molar-refractivity contribution < 1.29 is 19.1 Å². The zero-order valence-corrected chi connectivity index (χ0v) is 17.3. The number of hydrogen-bond donors (Lipinski definition) is 1. The van der Waals surface area contributed by atoms with E-state index in [0.29, 0.717) is 41.7 Å². The molecule has 158 valence electrons. The lowest BCUT2D eigenvalue weighted by atomic mass is 9.98. The largest absolute Gasteiger partial charge is 0.495 e. The number of ether oxygens (including phenoxy) is 2. The van der Waals surface area contributed by atoms with Crippen LogP contribution in [0.25, 0.3) is 0 Å².